The first-order chi connectivity index (χ1) is 9.88. The minimum absolute atomic E-state index is 0.849. The second kappa shape index (κ2) is 4.90. The van der Waals surface area contributed by atoms with E-state index in [1.807, 2.05) is 29.5 Å². The number of aromatic nitrogens is 3. The van der Waals surface area contributed by atoms with Gasteiger partial charge in [-0.3, -0.25) is 0 Å². The third kappa shape index (κ3) is 2.41. The summed E-state index contributed by atoms with van der Waals surface area (Å²) in [6, 6.07) is 10.5. The summed E-state index contributed by atoms with van der Waals surface area (Å²) in [4.78, 5) is 2.89. The molecule has 3 aromatic rings. The van der Waals surface area contributed by atoms with E-state index >= 15 is 0 Å². The van der Waals surface area contributed by atoms with Crippen LogP contribution in [0.1, 0.15) is 22.6 Å². The Kier molecular flexibility index (Phi) is 2.92. The number of benzene rings is 1. The highest BCUT2D eigenvalue weighted by Gasteiger charge is 2.22. The third-order valence-corrected chi connectivity index (χ3v) is 4.81. The largest absolute Gasteiger partial charge is 0.378 e. The number of aromatic amines is 1. The molecule has 0 saturated heterocycles. The first kappa shape index (κ1) is 11.9. The number of hydrogen-bond donors (Lipinski definition) is 2. The molecule has 0 atom stereocenters. The predicted octanol–water partition coefficient (Wildman–Crippen LogP) is 3.58. The average Bonchev–Trinajstić information content (AvgIpc) is 2.97. The lowest BCUT2D eigenvalue weighted by molar-refractivity contribution is 0.846. The summed E-state index contributed by atoms with van der Waals surface area (Å²) >= 11 is 1.92. The SMILES string of the molecule is c1cc(NCc2ccc(CC3CC3)s2)c2n[nH]nc2c1. The number of thiophene rings is 1. The fourth-order valence-electron chi connectivity index (χ4n) is 2.43. The molecule has 0 aliphatic heterocycles. The van der Waals surface area contributed by atoms with Crippen molar-refractivity contribution < 1.29 is 0 Å². The summed E-state index contributed by atoms with van der Waals surface area (Å²) in [5, 5.41) is 14.4. The Balaban J connectivity index is 1.46. The molecule has 1 aliphatic carbocycles. The van der Waals surface area contributed by atoms with Crippen molar-refractivity contribution >= 4 is 28.1 Å². The van der Waals surface area contributed by atoms with Crippen LogP contribution >= 0.6 is 11.3 Å². The summed E-state index contributed by atoms with van der Waals surface area (Å²) in [5.41, 5.74) is 2.84. The molecule has 0 amide bonds. The van der Waals surface area contributed by atoms with Crippen LogP contribution < -0.4 is 5.32 Å². The fraction of sp³-hybridized carbons (Fsp3) is 0.333. The van der Waals surface area contributed by atoms with E-state index in [1.54, 1.807) is 0 Å². The van der Waals surface area contributed by atoms with Gasteiger partial charge in [0.2, 0.25) is 0 Å². The van der Waals surface area contributed by atoms with Crippen molar-refractivity contribution in [3.05, 3.63) is 40.1 Å². The van der Waals surface area contributed by atoms with Gasteiger partial charge in [0.05, 0.1) is 5.69 Å². The van der Waals surface area contributed by atoms with Crippen molar-refractivity contribution in [2.75, 3.05) is 5.32 Å². The highest BCUT2D eigenvalue weighted by atomic mass is 32.1. The topological polar surface area (TPSA) is 53.6 Å². The van der Waals surface area contributed by atoms with Gasteiger partial charge in [-0.15, -0.1) is 11.3 Å². The zero-order valence-corrected chi connectivity index (χ0v) is 11.9. The van der Waals surface area contributed by atoms with E-state index in [-0.39, 0.29) is 0 Å². The summed E-state index contributed by atoms with van der Waals surface area (Å²) in [6.07, 6.45) is 4.10. The molecule has 2 heterocycles. The highest BCUT2D eigenvalue weighted by Crippen LogP contribution is 2.34. The molecule has 0 radical (unpaired) electrons. The standard InChI is InChI=1S/C15H16N4S/c1-2-13(15-14(3-1)17-19-18-15)16-9-12-7-6-11(20-12)8-10-4-5-10/h1-3,6-7,10,16H,4-5,8-9H2,(H,17,18,19). The number of fused-ring (bicyclic) bond motifs is 1. The number of para-hydroxylation sites is 1. The predicted molar refractivity (Wildman–Crippen MR) is 82.0 cm³/mol. The lowest BCUT2D eigenvalue weighted by Crippen LogP contribution is -1.97. The molecular weight excluding hydrogens is 268 g/mol. The van der Waals surface area contributed by atoms with Gasteiger partial charge in [0.25, 0.3) is 0 Å². The molecule has 1 saturated carbocycles. The van der Waals surface area contributed by atoms with Crippen LogP contribution in [0.4, 0.5) is 5.69 Å². The van der Waals surface area contributed by atoms with Crippen molar-refractivity contribution in [2.45, 2.75) is 25.8 Å². The number of H-pyrrole nitrogens is 1. The van der Waals surface area contributed by atoms with Gasteiger partial charge in [-0.05, 0) is 49.4 Å². The van der Waals surface area contributed by atoms with Crippen molar-refractivity contribution in [2.24, 2.45) is 5.92 Å². The Bertz CT molecular complexity index is 726. The summed E-state index contributed by atoms with van der Waals surface area (Å²) in [6.45, 7) is 0.849. The molecule has 4 rings (SSSR count). The molecule has 2 aromatic heterocycles. The summed E-state index contributed by atoms with van der Waals surface area (Å²) in [5.74, 6) is 0.957. The second-order valence-electron chi connectivity index (χ2n) is 5.37. The first-order valence-electron chi connectivity index (χ1n) is 6.99. The first-order valence-corrected chi connectivity index (χ1v) is 7.81. The Morgan fingerprint density at radius 3 is 2.95 bits per heavy atom. The maximum Gasteiger partial charge on any atom is 0.136 e. The zero-order valence-electron chi connectivity index (χ0n) is 11.1. The number of rotatable bonds is 5. The minimum Gasteiger partial charge on any atom is -0.378 e. The molecular formula is C15H16N4S. The van der Waals surface area contributed by atoms with Crippen molar-refractivity contribution in [1.29, 1.82) is 0 Å². The Labute approximate surface area is 121 Å². The van der Waals surface area contributed by atoms with E-state index in [9.17, 15) is 0 Å². The number of hydrogen-bond acceptors (Lipinski definition) is 4. The van der Waals surface area contributed by atoms with E-state index in [1.165, 1.54) is 29.0 Å². The Morgan fingerprint density at radius 1 is 1.15 bits per heavy atom. The van der Waals surface area contributed by atoms with Crippen LogP contribution in [0, 0.1) is 5.92 Å². The van der Waals surface area contributed by atoms with Gasteiger partial charge < -0.3 is 5.32 Å². The highest BCUT2D eigenvalue weighted by molar-refractivity contribution is 7.12. The molecule has 102 valence electrons. The molecule has 1 aromatic carbocycles. The Morgan fingerprint density at radius 2 is 2.05 bits per heavy atom. The van der Waals surface area contributed by atoms with Gasteiger partial charge in [-0.2, -0.15) is 15.4 Å². The van der Waals surface area contributed by atoms with Gasteiger partial charge in [0.15, 0.2) is 0 Å². The molecule has 0 unspecified atom stereocenters. The average molecular weight is 284 g/mol. The third-order valence-electron chi connectivity index (χ3n) is 3.70. The van der Waals surface area contributed by atoms with Gasteiger partial charge >= 0.3 is 0 Å². The Hall–Kier alpha value is -1.88. The van der Waals surface area contributed by atoms with E-state index in [0.717, 1.165) is 29.2 Å². The second-order valence-corrected chi connectivity index (χ2v) is 6.62. The number of anilines is 1. The van der Waals surface area contributed by atoms with Crippen LogP contribution in [0.5, 0.6) is 0 Å². The maximum atomic E-state index is 4.19. The van der Waals surface area contributed by atoms with Crippen LogP contribution in [-0.4, -0.2) is 15.4 Å². The number of nitrogens with zero attached hydrogens (tertiary/aromatic N) is 2. The summed E-state index contributed by atoms with van der Waals surface area (Å²) < 4.78 is 0. The van der Waals surface area contributed by atoms with Gasteiger partial charge in [-0.25, -0.2) is 0 Å². The van der Waals surface area contributed by atoms with Crippen molar-refractivity contribution in [3.63, 3.8) is 0 Å². The minimum atomic E-state index is 0.849. The molecule has 0 bridgehead atoms. The maximum absolute atomic E-state index is 4.19. The van der Waals surface area contributed by atoms with Gasteiger partial charge in [0, 0.05) is 16.3 Å². The van der Waals surface area contributed by atoms with Crippen LogP contribution in [0.25, 0.3) is 11.0 Å². The number of nitrogens with one attached hydrogen (secondary N) is 2. The quantitative estimate of drug-likeness (QED) is 0.753. The fourth-order valence-corrected chi connectivity index (χ4v) is 3.50. The van der Waals surface area contributed by atoms with E-state index < -0.39 is 0 Å². The monoisotopic (exact) mass is 284 g/mol. The molecule has 2 N–H and O–H groups in total. The van der Waals surface area contributed by atoms with Gasteiger partial charge in [-0.1, -0.05) is 6.07 Å². The van der Waals surface area contributed by atoms with Crippen LogP contribution in [0.15, 0.2) is 30.3 Å². The van der Waals surface area contributed by atoms with Crippen LogP contribution in [0.3, 0.4) is 0 Å². The zero-order chi connectivity index (χ0) is 13.4. The smallest absolute Gasteiger partial charge is 0.136 e. The molecule has 1 fully saturated rings. The van der Waals surface area contributed by atoms with Crippen LogP contribution in [-0.2, 0) is 13.0 Å². The normalized spacial score (nSPS) is 14.8. The lowest BCUT2D eigenvalue weighted by atomic mass is 10.2. The lowest BCUT2D eigenvalue weighted by Gasteiger charge is -2.04. The molecule has 1 aliphatic rings. The van der Waals surface area contributed by atoms with E-state index in [0.29, 0.717) is 0 Å². The van der Waals surface area contributed by atoms with E-state index in [2.05, 4.69) is 32.9 Å². The van der Waals surface area contributed by atoms with Gasteiger partial charge in [0.1, 0.15) is 11.0 Å². The molecule has 20 heavy (non-hydrogen) atoms. The summed E-state index contributed by atoms with van der Waals surface area (Å²) in [7, 11) is 0. The van der Waals surface area contributed by atoms with Crippen LogP contribution in [0.2, 0.25) is 0 Å². The molecule has 4 nitrogen and oxygen atoms in total. The van der Waals surface area contributed by atoms with E-state index in [4.69, 9.17) is 0 Å². The molecule has 0 spiro atoms. The van der Waals surface area contributed by atoms with Crippen molar-refractivity contribution in [3.8, 4) is 0 Å². The molecule has 5 heteroatoms. The van der Waals surface area contributed by atoms with Crippen molar-refractivity contribution in [1.82, 2.24) is 15.4 Å².